The number of carbonyl (C=O) groups excluding carboxylic acids is 1. The molecule has 1 N–H and O–H groups in total. The maximum absolute atomic E-state index is 11.1. The summed E-state index contributed by atoms with van der Waals surface area (Å²) >= 11 is 0. The number of rotatable bonds is 3. The lowest BCUT2D eigenvalue weighted by Crippen LogP contribution is -2.62. The van der Waals surface area contributed by atoms with E-state index in [1.54, 1.807) is 6.92 Å². The molecule has 0 radical (unpaired) electrons. The SMILES string of the molecule is CC(=O)N1CC(NC2CCN(C3CCOC3)CC2)C1. The third-order valence-corrected chi connectivity index (χ3v) is 4.75. The summed E-state index contributed by atoms with van der Waals surface area (Å²) in [7, 11) is 0. The topological polar surface area (TPSA) is 44.8 Å². The molecule has 108 valence electrons. The molecule has 3 aliphatic rings. The van der Waals surface area contributed by atoms with Crippen LogP contribution in [0, 0.1) is 0 Å². The van der Waals surface area contributed by atoms with Crippen molar-refractivity contribution < 1.29 is 9.53 Å². The average Bonchev–Trinajstić information content (AvgIpc) is 2.87. The Labute approximate surface area is 115 Å². The van der Waals surface area contributed by atoms with Crippen LogP contribution >= 0.6 is 0 Å². The van der Waals surface area contributed by atoms with E-state index in [9.17, 15) is 4.79 Å². The van der Waals surface area contributed by atoms with E-state index >= 15 is 0 Å². The monoisotopic (exact) mass is 267 g/mol. The van der Waals surface area contributed by atoms with Crippen LogP contribution in [0.1, 0.15) is 26.2 Å². The fourth-order valence-electron chi connectivity index (χ4n) is 3.42. The van der Waals surface area contributed by atoms with Gasteiger partial charge in [-0.15, -0.1) is 0 Å². The Morgan fingerprint density at radius 1 is 1.16 bits per heavy atom. The lowest BCUT2D eigenvalue weighted by atomic mass is 10.00. The number of hydrogen-bond donors (Lipinski definition) is 1. The van der Waals surface area contributed by atoms with Gasteiger partial charge in [0.1, 0.15) is 0 Å². The summed E-state index contributed by atoms with van der Waals surface area (Å²) in [5.41, 5.74) is 0. The molecule has 5 nitrogen and oxygen atoms in total. The summed E-state index contributed by atoms with van der Waals surface area (Å²) in [6, 6.07) is 1.82. The van der Waals surface area contributed by atoms with Crippen LogP contribution in [-0.2, 0) is 9.53 Å². The molecule has 0 aromatic heterocycles. The summed E-state index contributed by atoms with van der Waals surface area (Å²) in [6.45, 7) is 7.68. The normalized spacial score (nSPS) is 30.6. The van der Waals surface area contributed by atoms with Gasteiger partial charge in [0.2, 0.25) is 5.91 Å². The lowest BCUT2D eigenvalue weighted by Gasteiger charge is -2.43. The van der Waals surface area contributed by atoms with Crippen LogP contribution in [0.2, 0.25) is 0 Å². The fourth-order valence-corrected chi connectivity index (χ4v) is 3.42. The molecule has 0 aliphatic carbocycles. The van der Waals surface area contributed by atoms with Crippen molar-refractivity contribution >= 4 is 5.91 Å². The Hall–Kier alpha value is -0.650. The first kappa shape index (κ1) is 13.3. The van der Waals surface area contributed by atoms with Crippen molar-refractivity contribution in [3.05, 3.63) is 0 Å². The summed E-state index contributed by atoms with van der Waals surface area (Å²) < 4.78 is 5.47. The van der Waals surface area contributed by atoms with Crippen LogP contribution in [0.5, 0.6) is 0 Å². The Bertz CT molecular complexity index is 317. The third kappa shape index (κ3) is 3.09. The van der Waals surface area contributed by atoms with Gasteiger partial charge in [0.15, 0.2) is 0 Å². The quantitative estimate of drug-likeness (QED) is 0.785. The molecule has 0 saturated carbocycles. The minimum atomic E-state index is 0.203. The molecule has 3 heterocycles. The van der Waals surface area contributed by atoms with E-state index in [0.717, 1.165) is 26.3 Å². The van der Waals surface area contributed by atoms with Crippen molar-refractivity contribution in [1.82, 2.24) is 15.1 Å². The van der Waals surface area contributed by atoms with Gasteiger partial charge in [-0.25, -0.2) is 0 Å². The highest BCUT2D eigenvalue weighted by molar-refractivity contribution is 5.74. The average molecular weight is 267 g/mol. The zero-order valence-corrected chi connectivity index (χ0v) is 11.8. The van der Waals surface area contributed by atoms with Gasteiger partial charge in [0.05, 0.1) is 6.61 Å². The van der Waals surface area contributed by atoms with Crippen LogP contribution in [0.25, 0.3) is 0 Å². The van der Waals surface area contributed by atoms with E-state index in [4.69, 9.17) is 4.74 Å². The number of likely N-dealkylation sites (tertiary alicyclic amines) is 2. The highest BCUT2D eigenvalue weighted by Gasteiger charge is 2.32. The zero-order valence-electron chi connectivity index (χ0n) is 11.8. The molecule has 0 spiro atoms. The molecule has 1 amide bonds. The van der Waals surface area contributed by atoms with Gasteiger partial charge in [0, 0.05) is 57.8 Å². The van der Waals surface area contributed by atoms with Crippen molar-refractivity contribution in [3.63, 3.8) is 0 Å². The van der Waals surface area contributed by atoms with E-state index in [1.165, 1.54) is 32.4 Å². The summed E-state index contributed by atoms with van der Waals surface area (Å²) in [6.07, 6.45) is 3.66. The van der Waals surface area contributed by atoms with Gasteiger partial charge < -0.3 is 15.0 Å². The molecule has 0 aromatic rings. The van der Waals surface area contributed by atoms with E-state index in [-0.39, 0.29) is 5.91 Å². The van der Waals surface area contributed by atoms with Crippen LogP contribution in [-0.4, -0.2) is 73.2 Å². The van der Waals surface area contributed by atoms with Crippen molar-refractivity contribution in [1.29, 1.82) is 0 Å². The maximum atomic E-state index is 11.1. The van der Waals surface area contributed by atoms with Gasteiger partial charge in [-0.3, -0.25) is 9.69 Å². The minimum absolute atomic E-state index is 0.203. The van der Waals surface area contributed by atoms with Gasteiger partial charge in [0.25, 0.3) is 0 Å². The second kappa shape index (κ2) is 5.77. The van der Waals surface area contributed by atoms with Crippen LogP contribution in [0.15, 0.2) is 0 Å². The largest absolute Gasteiger partial charge is 0.380 e. The molecule has 3 rings (SSSR count). The Morgan fingerprint density at radius 2 is 1.89 bits per heavy atom. The van der Waals surface area contributed by atoms with E-state index < -0.39 is 0 Å². The van der Waals surface area contributed by atoms with Crippen molar-refractivity contribution in [2.45, 2.75) is 44.3 Å². The standard InChI is InChI=1S/C14H25N3O2/c1-11(18)17-8-13(9-17)15-12-2-5-16(6-3-12)14-4-7-19-10-14/h12-15H,2-10H2,1H3. The molecule has 5 heteroatoms. The van der Waals surface area contributed by atoms with Crippen LogP contribution < -0.4 is 5.32 Å². The van der Waals surface area contributed by atoms with Crippen LogP contribution in [0.4, 0.5) is 0 Å². The maximum Gasteiger partial charge on any atom is 0.219 e. The fraction of sp³-hybridized carbons (Fsp3) is 0.929. The predicted molar refractivity (Wildman–Crippen MR) is 73.0 cm³/mol. The third-order valence-electron chi connectivity index (χ3n) is 4.75. The number of carbonyl (C=O) groups is 1. The molecule has 1 atom stereocenters. The Kier molecular flexibility index (Phi) is 4.05. The van der Waals surface area contributed by atoms with Gasteiger partial charge in [-0.05, 0) is 19.3 Å². The second-order valence-electron chi connectivity index (χ2n) is 6.12. The lowest BCUT2D eigenvalue weighted by molar-refractivity contribution is -0.133. The summed E-state index contributed by atoms with van der Waals surface area (Å²) in [5.74, 6) is 0.203. The number of ether oxygens (including phenoxy) is 1. The highest BCUT2D eigenvalue weighted by atomic mass is 16.5. The first-order chi connectivity index (χ1) is 9.22. The molecule has 0 aromatic carbocycles. The molecule has 3 saturated heterocycles. The Balaban J connectivity index is 1.35. The molecular weight excluding hydrogens is 242 g/mol. The second-order valence-corrected chi connectivity index (χ2v) is 6.12. The Morgan fingerprint density at radius 3 is 2.47 bits per heavy atom. The van der Waals surface area contributed by atoms with E-state index in [1.807, 2.05) is 4.90 Å². The number of hydrogen-bond acceptors (Lipinski definition) is 4. The first-order valence-electron chi connectivity index (χ1n) is 7.56. The van der Waals surface area contributed by atoms with Crippen molar-refractivity contribution in [2.75, 3.05) is 39.4 Å². The highest BCUT2D eigenvalue weighted by Crippen LogP contribution is 2.20. The molecule has 19 heavy (non-hydrogen) atoms. The molecule has 1 unspecified atom stereocenters. The molecule has 3 aliphatic heterocycles. The van der Waals surface area contributed by atoms with Gasteiger partial charge >= 0.3 is 0 Å². The van der Waals surface area contributed by atoms with Crippen molar-refractivity contribution in [2.24, 2.45) is 0 Å². The van der Waals surface area contributed by atoms with Gasteiger partial charge in [-0.1, -0.05) is 0 Å². The number of nitrogens with one attached hydrogen (secondary N) is 1. The van der Waals surface area contributed by atoms with Gasteiger partial charge in [-0.2, -0.15) is 0 Å². The first-order valence-corrected chi connectivity index (χ1v) is 7.56. The van der Waals surface area contributed by atoms with E-state index in [0.29, 0.717) is 18.1 Å². The summed E-state index contributed by atoms with van der Waals surface area (Å²) in [4.78, 5) is 15.6. The molecular formula is C14H25N3O2. The summed E-state index contributed by atoms with van der Waals surface area (Å²) in [5, 5.41) is 3.70. The number of amides is 1. The van der Waals surface area contributed by atoms with Crippen LogP contribution in [0.3, 0.4) is 0 Å². The molecule has 0 bridgehead atoms. The number of piperidine rings is 1. The smallest absolute Gasteiger partial charge is 0.219 e. The molecule has 3 fully saturated rings. The number of nitrogens with zero attached hydrogens (tertiary/aromatic N) is 2. The predicted octanol–water partition coefficient (Wildman–Crippen LogP) is 0.0600. The zero-order chi connectivity index (χ0) is 13.2. The minimum Gasteiger partial charge on any atom is -0.380 e. The van der Waals surface area contributed by atoms with E-state index in [2.05, 4.69) is 10.2 Å². The van der Waals surface area contributed by atoms with Crippen molar-refractivity contribution in [3.8, 4) is 0 Å².